The quantitative estimate of drug-likeness (QED) is 0.196. The Morgan fingerprint density at radius 1 is 1.00 bits per heavy atom. The second-order valence-corrected chi connectivity index (χ2v) is 9.80. The van der Waals surface area contributed by atoms with Gasteiger partial charge in [-0.2, -0.15) is 0 Å². The number of aliphatic hydroxyl groups is 1. The third kappa shape index (κ3) is 6.66. The second-order valence-electron chi connectivity index (χ2n) is 9.80. The fourth-order valence-electron chi connectivity index (χ4n) is 3.97. The molecule has 0 saturated carbocycles. The number of unbranched alkanes of at least 4 members (excludes halogenated alkanes) is 1. The number of amides is 1. The highest BCUT2D eigenvalue weighted by Gasteiger charge is 2.45. The summed E-state index contributed by atoms with van der Waals surface area (Å²) in [4.78, 5) is 29.7. The first-order valence-corrected chi connectivity index (χ1v) is 12.6. The molecule has 1 fully saturated rings. The summed E-state index contributed by atoms with van der Waals surface area (Å²) in [5.74, 6) is 0.323. The second kappa shape index (κ2) is 12.6. The number of carbonyl (C=O) groups excluding carboxylic acids is 2. The highest BCUT2D eigenvalue weighted by molar-refractivity contribution is 6.46. The average Bonchev–Trinajstić information content (AvgIpc) is 3.11. The molecule has 0 aromatic heterocycles. The molecule has 1 amide bonds. The molecule has 0 bridgehead atoms. The van der Waals surface area contributed by atoms with Crippen molar-refractivity contribution in [1.82, 2.24) is 9.80 Å². The molecule has 3 rings (SSSR count). The van der Waals surface area contributed by atoms with Gasteiger partial charge in [0.05, 0.1) is 24.8 Å². The largest absolute Gasteiger partial charge is 0.507 e. The number of benzene rings is 2. The molecule has 1 heterocycles. The Hall–Kier alpha value is -3.32. The van der Waals surface area contributed by atoms with Crippen LogP contribution in [0, 0.1) is 5.92 Å². The number of hydrogen-bond donors (Lipinski definition) is 1. The Kier molecular flexibility index (Phi) is 9.53. The van der Waals surface area contributed by atoms with E-state index >= 15 is 0 Å². The lowest BCUT2D eigenvalue weighted by Gasteiger charge is -2.26. The zero-order valence-electron chi connectivity index (χ0n) is 22.0. The van der Waals surface area contributed by atoms with Gasteiger partial charge in [0.15, 0.2) is 0 Å². The molecule has 1 saturated heterocycles. The van der Waals surface area contributed by atoms with Crippen molar-refractivity contribution in [3.8, 4) is 11.5 Å². The first-order chi connectivity index (χ1) is 17.2. The van der Waals surface area contributed by atoms with Crippen LogP contribution in [0.1, 0.15) is 50.8 Å². The highest BCUT2D eigenvalue weighted by atomic mass is 16.5. The normalized spacial score (nSPS) is 17.3. The fraction of sp³-hybridized carbons (Fsp3) is 0.448. The summed E-state index contributed by atoms with van der Waals surface area (Å²) in [6.45, 7) is 8.40. The van der Waals surface area contributed by atoms with Crippen molar-refractivity contribution >= 4 is 17.4 Å². The van der Waals surface area contributed by atoms with Gasteiger partial charge in [0, 0.05) is 18.7 Å². The van der Waals surface area contributed by atoms with E-state index in [1.165, 1.54) is 0 Å². The minimum Gasteiger partial charge on any atom is -0.507 e. The summed E-state index contributed by atoms with van der Waals surface area (Å²) < 4.78 is 11.5. The number of Topliss-reactive ketones (excluding diaryl/α,β-unsaturated/α-hetero) is 1. The molecule has 0 aliphatic carbocycles. The highest BCUT2D eigenvalue weighted by Crippen LogP contribution is 2.39. The maximum Gasteiger partial charge on any atom is 0.295 e. The van der Waals surface area contributed by atoms with Crippen molar-refractivity contribution in [3.05, 3.63) is 65.2 Å². The topological polar surface area (TPSA) is 79.3 Å². The molecule has 1 aliphatic heterocycles. The summed E-state index contributed by atoms with van der Waals surface area (Å²) >= 11 is 0. The first kappa shape index (κ1) is 27.3. The van der Waals surface area contributed by atoms with E-state index < -0.39 is 17.7 Å². The molecule has 2 aromatic rings. The lowest BCUT2D eigenvalue weighted by molar-refractivity contribution is -0.140. The van der Waals surface area contributed by atoms with E-state index in [0.29, 0.717) is 43.5 Å². The number of ether oxygens (including phenoxy) is 2. The van der Waals surface area contributed by atoms with Crippen LogP contribution in [0.25, 0.3) is 5.76 Å². The number of ketones is 1. The molecule has 0 spiro atoms. The minimum absolute atomic E-state index is 0.0919. The summed E-state index contributed by atoms with van der Waals surface area (Å²) in [6, 6.07) is 13.7. The number of likely N-dealkylation sites (tertiary alicyclic amines) is 1. The molecule has 1 aliphatic rings. The molecule has 7 heteroatoms. The zero-order valence-corrected chi connectivity index (χ0v) is 22.0. The molecule has 0 radical (unpaired) electrons. The van der Waals surface area contributed by atoms with Crippen LogP contribution in [0.4, 0.5) is 0 Å². The van der Waals surface area contributed by atoms with Gasteiger partial charge < -0.3 is 24.4 Å². The molecular weight excluding hydrogens is 456 g/mol. The fourth-order valence-corrected chi connectivity index (χ4v) is 3.97. The number of carbonyl (C=O) groups is 2. The van der Waals surface area contributed by atoms with Gasteiger partial charge in [-0.25, -0.2) is 0 Å². The standard InChI is InChI=1S/C29H38N2O5/c1-6-7-18-35-23-12-8-21(9-13-23)26-25(28(33)29(34)31(26)17-16-30(4)5)27(32)22-10-14-24(15-11-22)36-19-20(2)3/h8-15,20,26,32H,6-7,16-19H2,1-5H3/b27-25+. The Bertz CT molecular complexity index is 1060. The van der Waals surface area contributed by atoms with Gasteiger partial charge in [0.1, 0.15) is 17.3 Å². The Balaban J connectivity index is 1.97. The van der Waals surface area contributed by atoms with E-state index in [9.17, 15) is 14.7 Å². The van der Waals surface area contributed by atoms with Gasteiger partial charge in [-0.3, -0.25) is 9.59 Å². The third-order valence-electron chi connectivity index (χ3n) is 6.00. The summed E-state index contributed by atoms with van der Waals surface area (Å²) in [6.07, 6.45) is 2.01. The Labute approximate surface area is 214 Å². The van der Waals surface area contributed by atoms with E-state index in [2.05, 4.69) is 20.8 Å². The van der Waals surface area contributed by atoms with Crippen LogP contribution in [0.2, 0.25) is 0 Å². The van der Waals surface area contributed by atoms with Crippen molar-refractivity contribution in [2.75, 3.05) is 40.4 Å². The number of likely N-dealkylation sites (N-methyl/N-ethyl adjacent to an activating group) is 1. The molecular formula is C29H38N2O5. The van der Waals surface area contributed by atoms with Crippen LogP contribution >= 0.6 is 0 Å². The number of aliphatic hydroxyl groups excluding tert-OH is 1. The van der Waals surface area contributed by atoms with E-state index in [1.807, 2.05) is 43.3 Å². The smallest absolute Gasteiger partial charge is 0.295 e. The van der Waals surface area contributed by atoms with Gasteiger partial charge >= 0.3 is 0 Å². The lowest BCUT2D eigenvalue weighted by Crippen LogP contribution is -2.35. The van der Waals surface area contributed by atoms with Crippen LogP contribution in [-0.2, 0) is 9.59 Å². The molecule has 194 valence electrons. The van der Waals surface area contributed by atoms with E-state index in [0.717, 1.165) is 24.2 Å². The van der Waals surface area contributed by atoms with Crippen molar-refractivity contribution in [2.45, 2.75) is 39.7 Å². The van der Waals surface area contributed by atoms with E-state index in [-0.39, 0.29) is 11.3 Å². The molecule has 1 atom stereocenters. The molecule has 2 aromatic carbocycles. The number of hydrogen-bond acceptors (Lipinski definition) is 6. The average molecular weight is 495 g/mol. The van der Waals surface area contributed by atoms with Crippen LogP contribution in [0.5, 0.6) is 11.5 Å². The maximum absolute atomic E-state index is 13.2. The van der Waals surface area contributed by atoms with Crippen molar-refractivity contribution in [3.63, 3.8) is 0 Å². The lowest BCUT2D eigenvalue weighted by atomic mass is 9.95. The van der Waals surface area contributed by atoms with E-state index in [1.54, 1.807) is 29.2 Å². The first-order valence-electron chi connectivity index (χ1n) is 12.6. The summed E-state index contributed by atoms with van der Waals surface area (Å²) in [5, 5.41) is 11.2. The van der Waals surface area contributed by atoms with Crippen LogP contribution < -0.4 is 9.47 Å². The van der Waals surface area contributed by atoms with Crippen LogP contribution in [0.3, 0.4) is 0 Å². The van der Waals surface area contributed by atoms with Gasteiger partial charge in [-0.05, 0) is 68.4 Å². The predicted molar refractivity (Wildman–Crippen MR) is 141 cm³/mol. The number of rotatable bonds is 12. The molecule has 1 N–H and O–H groups in total. The van der Waals surface area contributed by atoms with Crippen LogP contribution in [-0.4, -0.2) is 67.0 Å². The van der Waals surface area contributed by atoms with Gasteiger partial charge in [0.2, 0.25) is 0 Å². The third-order valence-corrected chi connectivity index (χ3v) is 6.00. The Morgan fingerprint density at radius 2 is 1.61 bits per heavy atom. The SMILES string of the molecule is CCCCOc1ccc(C2/C(=C(\O)c3ccc(OCC(C)C)cc3)C(=O)C(=O)N2CCN(C)C)cc1. The Morgan fingerprint density at radius 3 is 2.19 bits per heavy atom. The van der Waals surface area contributed by atoms with Gasteiger partial charge in [-0.15, -0.1) is 0 Å². The van der Waals surface area contributed by atoms with Crippen molar-refractivity contribution in [1.29, 1.82) is 0 Å². The monoisotopic (exact) mass is 494 g/mol. The predicted octanol–water partition coefficient (Wildman–Crippen LogP) is 4.88. The molecule has 7 nitrogen and oxygen atoms in total. The minimum atomic E-state index is -0.688. The van der Waals surface area contributed by atoms with Crippen LogP contribution in [0.15, 0.2) is 54.1 Å². The van der Waals surface area contributed by atoms with Crippen molar-refractivity contribution in [2.24, 2.45) is 5.92 Å². The number of nitrogens with zero attached hydrogens (tertiary/aromatic N) is 2. The maximum atomic E-state index is 13.2. The molecule has 36 heavy (non-hydrogen) atoms. The summed E-state index contributed by atoms with van der Waals surface area (Å²) in [5.41, 5.74) is 1.30. The van der Waals surface area contributed by atoms with E-state index in [4.69, 9.17) is 9.47 Å². The van der Waals surface area contributed by atoms with Crippen molar-refractivity contribution < 1.29 is 24.2 Å². The van der Waals surface area contributed by atoms with Gasteiger partial charge in [0.25, 0.3) is 11.7 Å². The zero-order chi connectivity index (χ0) is 26.2. The molecule has 1 unspecified atom stereocenters. The summed E-state index contributed by atoms with van der Waals surface area (Å²) in [7, 11) is 3.83. The van der Waals surface area contributed by atoms with Gasteiger partial charge in [-0.1, -0.05) is 39.3 Å².